The number of methoxy groups -OCH3 is 1. The van der Waals surface area contributed by atoms with Gasteiger partial charge in [0.1, 0.15) is 0 Å². The second kappa shape index (κ2) is 3.94. The molecule has 72 valence electrons. The summed E-state index contributed by atoms with van der Waals surface area (Å²) in [5.41, 5.74) is 5.92. The highest BCUT2D eigenvalue weighted by Crippen LogP contribution is 2.28. The molecule has 0 heterocycles. The van der Waals surface area contributed by atoms with Crippen molar-refractivity contribution in [2.75, 3.05) is 7.11 Å². The minimum absolute atomic E-state index is 0.125. The molecule has 13 heavy (non-hydrogen) atoms. The molecule has 2 N–H and O–H groups in total. The standard InChI is InChI=1S/C9H11ClFNO/c1-5(12)7-3-6(10)4-8(13-2)9(7)11/h3-5H,12H2,1-2H3. The van der Waals surface area contributed by atoms with Crippen molar-refractivity contribution in [3.8, 4) is 5.75 Å². The summed E-state index contributed by atoms with van der Waals surface area (Å²) in [7, 11) is 1.39. The van der Waals surface area contributed by atoms with Gasteiger partial charge >= 0.3 is 0 Å². The van der Waals surface area contributed by atoms with Crippen molar-refractivity contribution in [2.45, 2.75) is 13.0 Å². The molecule has 0 aromatic heterocycles. The molecular formula is C9H11ClFNO. The third-order valence-corrected chi connectivity index (χ3v) is 1.96. The molecule has 4 heteroatoms. The summed E-state index contributed by atoms with van der Waals surface area (Å²) < 4.78 is 18.2. The number of hydrogen-bond acceptors (Lipinski definition) is 2. The van der Waals surface area contributed by atoms with Crippen molar-refractivity contribution in [1.82, 2.24) is 0 Å². The van der Waals surface area contributed by atoms with Crippen LogP contribution in [0.5, 0.6) is 5.75 Å². The first-order valence-electron chi connectivity index (χ1n) is 3.84. The molecule has 0 amide bonds. The van der Waals surface area contributed by atoms with Crippen LogP contribution in [0.4, 0.5) is 4.39 Å². The summed E-state index contributed by atoms with van der Waals surface area (Å²) in [5.74, 6) is -0.318. The van der Waals surface area contributed by atoms with Gasteiger partial charge in [-0.15, -0.1) is 0 Å². The highest BCUT2D eigenvalue weighted by atomic mass is 35.5. The van der Waals surface area contributed by atoms with Gasteiger partial charge in [-0.1, -0.05) is 11.6 Å². The molecule has 1 aromatic rings. The first-order chi connectivity index (χ1) is 6.06. The highest BCUT2D eigenvalue weighted by Gasteiger charge is 2.13. The summed E-state index contributed by atoms with van der Waals surface area (Å²) in [6.07, 6.45) is 0. The molecule has 0 spiro atoms. The van der Waals surface area contributed by atoms with Gasteiger partial charge in [0.05, 0.1) is 7.11 Å². The fourth-order valence-electron chi connectivity index (χ4n) is 1.06. The van der Waals surface area contributed by atoms with Crippen LogP contribution in [0, 0.1) is 5.82 Å². The van der Waals surface area contributed by atoms with Gasteiger partial charge < -0.3 is 10.5 Å². The number of benzene rings is 1. The number of halogens is 2. The van der Waals surface area contributed by atoms with E-state index in [1.54, 1.807) is 6.92 Å². The van der Waals surface area contributed by atoms with E-state index in [-0.39, 0.29) is 5.75 Å². The van der Waals surface area contributed by atoms with Gasteiger partial charge in [0.15, 0.2) is 11.6 Å². The second-order valence-corrected chi connectivity index (χ2v) is 3.24. The van der Waals surface area contributed by atoms with E-state index in [4.69, 9.17) is 22.1 Å². The molecule has 1 rings (SSSR count). The lowest BCUT2D eigenvalue weighted by Crippen LogP contribution is -2.08. The molecule has 0 aliphatic rings. The van der Waals surface area contributed by atoms with Crippen LogP contribution in [0.25, 0.3) is 0 Å². The maximum Gasteiger partial charge on any atom is 0.169 e. The molecule has 0 aliphatic carbocycles. The molecule has 0 fully saturated rings. The zero-order chi connectivity index (χ0) is 10.0. The Balaban J connectivity index is 3.27. The number of hydrogen-bond donors (Lipinski definition) is 1. The summed E-state index contributed by atoms with van der Waals surface area (Å²) in [6.45, 7) is 1.69. The van der Waals surface area contributed by atoms with Gasteiger partial charge in [0, 0.05) is 22.7 Å². The molecule has 0 aliphatic heterocycles. The molecule has 0 saturated heterocycles. The summed E-state index contributed by atoms with van der Waals surface area (Å²) >= 11 is 5.74. The number of ether oxygens (including phenoxy) is 1. The number of rotatable bonds is 2. The molecule has 0 radical (unpaired) electrons. The monoisotopic (exact) mass is 203 g/mol. The highest BCUT2D eigenvalue weighted by molar-refractivity contribution is 6.30. The molecule has 1 unspecified atom stereocenters. The van der Waals surface area contributed by atoms with E-state index < -0.39 is 11.9 Å². The van der Waals surface area contributed by atoms with Crippen LogP contribution < -0.4 is 10.5 Å². The predicted octanol–water partition coefficient (Wildman–Crippen LogP) is 2.51. The Morgan fingerprint density at radius 3 is 2.62 bits per heavy atom. The van der Waals surface area contributed by atoms with Crippen molar-refractivity contribution < 1.29 is 9.13 Å². The second-order valence-electron chi connectivity index (χ2n) is 2.80. The third-order valence-electron chi connectivity index (χ3n) is 1.74. The van der Waals surface area contributed by atoms with Gasteiger partial charge in [0.2, 0.25) is 0 Å². The average molecular weight is 204 g/mol. The van der Waals surface area contributed by atoms with Crippen LogP contribution in [0.2, 0.25) is 5.02 Å². The van der Waals surface area contributed by atoms with E-state index in [0.717, 1.165) is 0 Å². The van der Waals surface area contributed by atoms with Gasteiger partial charge in [-0.2, -0.15) is 0 Å². The zero-order valence-corrected chi connectivity index (χ0v) is 8.23. The SMILES string of the molecule is COc1cc(Cl)cc(C(C)N)c1F. The van der Waals surface area contributed by atoms with Gasteiger partial charge in [0.25, 0.3) is 0 Å². The molecule has 1 atom stereocenters. The van der Waals surface area contributed by atoms with Gasteiger partial charge in [-0.05, 0) is 13.0 Å². The first kappa shape index (κ1) is 10.3. The van der Waals surface area contributed by atoms with Gasteiger partial charge in [-0.3, -0.25) is 0 Å². The van der Waals surface area contributed by atoms with Crippen molar-refractivity contribution in [3.63, 3.8) is 0 Å². The quantitative estimate of drug-likeness (QED) is 0.802. The molecule has 2 nitrogen and oxygen atoms in total. The van der Waals surface area contributed by atoms with Crippen LogP contribution in [-0.2, 0) is 0 Å². The summed E-state index contributed by atoms with van der Waals surface area (Å²) in [4.78, 5) is 0. The largest absolute Gasteiger partial charge is 0.494 e. The average Bonchev–Trinajstić information content (AvgIpc) is 2.08. The predicted molar refractivity (Wildman–Crippen MR) is 50.6 cm³/mol. The first-order valence-corrected chi connectivity index (χ1v) is 4.22. The maximum absolute atomic E-state index is 13.4. The smallest absolute Gasteiger partial charge is 0.169 e. The fraction of sp³-hybridized carbons (Fsp3) is 0.333. The van der Waals surface area contributed by atoms with Crippen molar-refractivity contribution in [1.29, 1.82) is 0 Å². The van der Waals surface area contributed by atoms with Crippen LogP contribution in [0.1, 0.15) is 18.5 Å². The number of nitrogens with two attached hydrogens (primary N) is 1. The molecule has 0 bridgehead atoms. The Morgan fingerprint density at radius 2 is 2.15 bits per heavy atom. The Morgan fingerprint density at radius 1 is 1.54 bits per heavy atom. The van der Waals surface area contributed by atoms with Crippen LogP contribution in [-0.4, -0.2) is 7.11 Å². The Hall–Kier alpha value is -0.800. The van der Waals surface area contributed by atoms with E-state index in [0.29, 0.717) is 10.6 Å². The third kappa shape index (κ3) is 2.11. The minimum atomic E-state index is -0.443. The topological polar surface area (TPSA) is 35.2 Å². The summed E-state index contributed by atoms with van der Waals surface area (Å²) in [5, 5.41) is 0.422. The van der Waals surface area contributed by atoms with E-state index in [1.807, 2.05) is 0 Å². The normalized spacial score (nSPS) is 12.7. The van der Waals surface area contributed by atoms with Crippen molar-refractivity contribution in [2.24, 2.45) is 5.73 Å². The van der Waals surface area contributed by atoms with E-state index in [9.17, 15) is 4.39 Å². The maximum atomic E-state index is 13.4. The molecular weight excluding hydrogens is 193 g/mol. The Bertz CT molecular complexity index is 315. The lowest BCUT2D eigenvalue weighted by Gasteiger charge is -2.10. The van der Waals surface area contributed by atoms with E-state index in [2.05, 4.69) is 0 Å². The lowest BCUT2D eigenvalue weighted by atomic mass is 10.1. The lowest BCUT2D eigenvalue weighted by molar-refractivity contribution is 0.383. The minimum Gasteiger partial charge on any atom is -0.494 e. The van der Waals surface area contributed by atoms with Crippen LogP contribution in [0.3, 0.4) is 0 Å². The Labute approximate surface area is 81.4 Å². The van der Waals surface area contributed by atoms with Gasteiger partial charge in [-0.25, -0.2) is 4.39 Å². The van der Waals surface area contributed by atoms with Crippen molar-refractivity contribution >= 4 is 11.6 Å². The zero-order valence-electron chi connectivity index (χ0n) is 7.47. The van der Waals surface area contributed by atoms with Crippen LogP contribution >= 0.6 is 11.6 Å². The molecule has 1 aromatic carbocycles. The van der Waals surface area contributed by atoms with E-state index >= 15 is 0 Å². The van der Waals surface area contributed by atoms with Crippen LogP contribution in [0.15, 0.2) is 12.1 Å². The van der Waals surface area contributed by atoms with Crippen molar-refractivity contribution in [3.05, 3.63) is 28.5 Å². The Kier molecular flexibility index (Phi) is 3.12. The fourth-order valence-corrected chi connectivity index (χ4v) is 1.28. The summed E-state index contributed by atoms with van der Waals surface area (Å²) in [6, 6.07) is 2.53. The van der Waals surface area contributed by atoms with E-state index in [1.165, 1.54) is 19.2 Å². The molecule has 0 saturated carbocycles.